The first-order valence-corrected chi connectivity index (χ1v) is 11.5. The number of thioether (sulfide) groups is 2. The van der Waals surface area contributed by atoms with Crippen LogP contribution in [0.5, 0.6) is 0 Å². The molecule has 1 aliphatic rings. The fourth-order valence-corrected chi connectivity index (χ4v) is 4.58. The second-order valence-electron chi connectivity index (χ2n) is 6.63. The highest BCUT2D eigenvalue weighted by atomic mass is 32.2. The average Bonchev–Trinajstić information content (AvgIpc) is 2.99. The first kappa shape index (κ1) is 19.8. The molecule has 3 aromatic heterocycles. The SMILES string of the molecule is CCn1nc(C)c(C2c3c(nc(SC)[nH]c3=O)Nc3nc(SC)[nH]c(=O)c32)c1C. The quantitative estimate of drug-likeness (QED) is 0.333. The first-order valence-electron chi connectivity index (χ1n) is 9.06. The van der Waals surface area contributed by atoms with E-state index >= 15 is 0 Å². The summed E-state index contributed by atoms with van der Waals surface area (Å²) in [5.41, 5.74) is 2.77. The number of rotatable bonds is 4. The molecule has 0 saturated carbocycles. The largest absolute Gasteiger partial charge is 0.324 e. The molecule has 0 unspecified atom stereocenters. The van der Waals surface area contributed by atoms with Crippen molar-refractivity contribution in [2.75, 3.05) is 17.8 Å². The lowest BCUT2D eigenvalue weighted by molar-refractivity contribution is 0.633. The fraction of sp³-hybridized carbons (Fsp3) is 0.389. The molecule has 0 aliphatic carbocycles. The van der Waals surface area contributed by atoms with Gasteiger partial charge in [0, 0.05) is 17.8 Å². The van der Waals surface area contributed by atoms with Crippen LogP contribution in [0.1, 0.15) is 40.9 Å². The van der Waals surface area contributed by atoms with E-state index in [1.807, 2.05) is 38.0 Å². The van der Waals surface area contributed by atoms with Crippen molar-refractivity contribution < 1.29 is 0 Å². The molecule has 3 N–H and O–H groups in total. The molecule has 152 valence electrons. The predicted octanol–water partition coefficient (Wildman–Crippen LogP) is 2.37. The van der Waals surface area contributed by atoms with Crippen molar-refractivity contribution in [3.05, 3.63) is 48.8 Å². The smallest absolute Gasteiger partial charge is 0.257 e. The lowest BCUT2D eigenvalue weighted by atomic mass is 9.83. The molecule has 0 aromatic carbocycles. The highest BCUT2D eigenvalue weighted by Gasteiger charge is 2.37. The molecule has 29 heavy (non-hydrogen) atoms. The van der Waals surface area contributed by atoms with Gasteiger partial charge in [0.15, 0.2) is 10.3 Å². The van der Waals surface area contributed by atoms with Crippen LogP contribution in [0.2, 0.25) is 0 Å². The van der Waals surface area contributed by atoms with Gasteiger partial charge in [0.25, 0.3) is 11.1 Å². The van der Waals surface area contributed by atoms with E-state index in [0.29, 0.717) is 39.6 Å². The number of nitrogens with zero attached hydrogens (tertiary/aromatic N) is 4. The van der Waals surface area contributed by atoms with Crippen molar-refractivity contribution >= 4 is 35.2 Å². The van der Waals surface area contributed by atoms with Gasteiger partial charge >= 0.3 is 0 Å². The van der Waals surface area contributed by atoms with Crippen LogP contribution >= 0.6 is 23.5 Å². The van der Waals surface area contributed by atoms with Gasteiger partial charge in [0.1, 0.15) is 11.6 Å². The maximum atomic E-state index is 13.1. The van der Waals surface area contributed by atoms with Crippen LogP contribution in [0.15, 0.2) is 19.9 Å². The molecule has 3 aromatic rings. The van der Waals surface area contributed by atoms with E-state index in [0.717, 1.165) is 17.0 Å². The summed E-state index contributed by atoms with van der Waals surface area (Å²) in [6.07, 6.45) is 3.68. The van der Waals surface area contributed by atoms with Crippen molar-refractivity contribution in [1.29, 1.82) is 0 Å². The molecule has 0 saturated heterocycles. The Balaban J connectivity index is 2.09. The minimum Gasteiger partial charge on any atom is -0.324 e. The van der Waals surface area contributed by atoms with Crippen LogP contribution in [0, 0.1) is 13.8 Å². The van der Waals surface area contributed by atoms with Gasteiger partial charge in [0.2, 0.25) is 0 Å². The van der Waals surface area contributed by atoms with Crippen molar-refractivity contribution in [2.45, 2.75) is 43.5 Å². The molecule has 4 heterocycles. The minimum atomic E-state index is -0.610. The van der Waals surface area contributed by atoms with Gasteiger partial charge in [-0.15, -0.1) is 0 Å². The number of hydrogen-bond acceptors (Lipinski definition) is 8. The molecular formula is C18H21N7O2S2. The summed E-state index contributed by atoms with van der Waals surface area (Å²) >= 11 is 2.69. The number of fused-ring (bicyclic) bond motifs is 2. The van der Waals surface area contributed by atoms with Crippen LogP contribution in [0.3, 0.4) is 0 Å². The van der Waals surface area contributed by atoms with Gasteiger partial charge in [-0.25, -0.2) is 9.97 Å². The molecule has 11 heteroatoms. The van der Waals surface area contributed by atoms with E-state index in [2.05, 4.69) is 30.4 Å². The van der Waals surface area contributed by atoms with E-state index in [9.17, 15) is 9.59 Å². The molecule has 0 bridgehead atoms. The van der Waals surface area contributed by atoms with E-state index in [1.165, 1.54) is 23.5 Å². The topological polar surface area (TPSA) is 121 Å². The molecule has 4 rings (SSSR count). The zero-order valence-electron chi connectivity index (χ0n) is 16.7. The summed E-state index contributed by atoms with van der Waals surface area (Å²) in [5, 5.41) is 8.71. The maximum Gasteiger partial charge on any atom is 0.257 e. The molecule has 0 spiro atoms. The van der Waals surface area contributed by atoms with Crippen molar-refractivity contribution in [1.82, 2.24) is 29.7 Å². The Morgan fingerprint density at radius 1 is 0.931 bits per heavy atom. The summed E-state index contributed by atoms with van der Waals surface area (Å²) in [6.45, 7) is 6.55. The standard InChI is InChI=1S/C18H21N7O2S2/c1-6-25-8(3)9(7(2)24-25)10-11-13(20-17(28-4)22-15(11)26)19-14-12(10)16(27)23-18(21-14)29-5/h10H,6H2,1-5H3,(H3,19,20,21,22,23,26,27). The Labute approximate surface area is 175 Å². The Morgan fingerprint density at radius 3 is 1.86 bits per heavy atom. The number of H-pyrrole nitrogens is 2. The minimum absolute atomic E-state index is 0.279. The van der Waals surface area contributed by atoms with E-state index in [4.69, 9.17) is 0 Å². The summed E-state index contributed by atoms with van der Waals surface area (Å²) in [6, 6.07) is 0. The maximum absolute atomic E-state index is 13.1. The summed E-state index contributed by atoms with van der Waals surface area (Å²) in [4.78, 5) is 40.8. The number of hydrogen-bond donors (Lipinski definition) is 3. The number of anilines is 2. The monoisotopic (exact) mass is 431 g/mol. The fourth-order valence-electron chi connectivity index (χ4n) is 3.82. The van der Waals surface area contributed by atoms with Gasteiger partial charge in [-0.1, -0.05) is 23.5 Å². The Morgan fingerprint density at radius 2 is 1.45 bits per heavy atom. The summed E-state index contributed by atoms with van der Waals surface area (Å²) in [5.74, 6) is 0.230. The van der Waals surface area contributed by atoms with Crippen molar-refractivity contribution in [3.8, 4) is 0 Å². The van der Waals surface area contributed by atoms with Crippen molar-refractivity contribution in [3.63, 3.8) is 0 Å². The molecule has 9 nitrogen and oxygen atoms in total. The lowest BCUT2D eigenvalue weighted by Crippen LogP contribution is -2.32. The van der Waals surface area contributed by atoms with Crippen LogP contribution in [0.25, 0.3) is 0 Å². The number of nitrogens with one attached hydrogen (secondary N) is 3. The Hall–Kier alpha value is -2.53. The van der Waals surface area contributed by atoms with Gasteiger partial charge in [-0.3, -0.25) is 14.3 Å². The van der Waals surface area contributed by atoms with Crippen LogP contribution in [-0.2, 0) is 6.54 Å². The number of aryl methyl sites for hydroxylation is 2. The van der Waals surface area contributed by atoms with E-state index in [1.54, 1.807) is 0 Å². The lowest BCUT2D eigenvalue weighted by Gasteiger charge is -2.27. The van der Waals surface area contributed by atoms with E-state index in [-0.39, 0.29) is 11.1 Å². The second-order valence-corrected chi connectivity index (χ2v) is 8.22. The van der Waals surface area contributed by atoms with Crippen LogP contribution in [-0.4, -0.2) is 42.2 Å². The average molecular weight is 432 g/mol. The number of aromatic nitrogens is 6. The van der Waals surface area contributed by atoms with Crippen LogP contribution < -0.4 is 16.4 Å². The molecule has 0 fully saturated rings. The molecule has 0 atom stereocenters. The van der Waals surface area contributed by atoms with Crippen molar-refractivity contribution in [2.24, 2.45) is 0 Å². The summed E-state index contributed by atoms with van der Waals surface area (Å²) in [7, 11) is 0. The summed E-state index contributed by atoms with van der Waals surface area (Å²) < 4.78 is 1.88. The third-order valence-electron chi connectivity index (χ3n) is 5.09. The Bertz CT molecular complexity index is 1160. The molecule has 0 radical (unpaired) electrons. The highest BCUT2D eigenvalue weighted by Crippen LogP contribution is 2.42. The van der Waals surface area contributed by atoms with Crippen LogP contribution in [0.4, 0.5) is 11.6 Å². The van der Waals surface area contributed by atoms with E-state index < -0.39 is 5.92 Å². The Kier molecular flexibility index (Phi) is 5.03. The molecular weight excluding hydrogens is 410 g/mol. The molecule has 1 aliphatic heterocycles. The normalized spacial score (nSPS) is 13.1. The van der Waals surface area contributed by atoms with Gasteiger partial charge in [-0.2, -0.15) is 5.10 Å². The second kappa shape index (κ2) is 7.38. The third-order valence-corrected chi connectivity index (χ3v) is 6.25. The zero-order chi connectivity index (χ0) is 20.9. The first-order chi connectivity index (χ1) is 13.9. The molecule has 0 amide bonds. The predicted molar refractivity (Wildman–Crippen MR) is 115 cm³/mol. The zero-order valence-corrected chi connectivity index (χ0v) is 18.3. The van der Waals surface area contributed by atoms with Gasteiger partial charge in [-0.05, 0) is 33.3 Å². The number of aromatic amines is 2. The van der Waals surface area contributed by atoms with Gasteiger partial charge in [0.05, 0.1) is 22.7 Å². The third kappa shape index (κ3) is 3.08. The van der Waals surface area contributed by atoms with Gasteiger partial charge < -0.3 is 15.3 Å². The highest BCUT2D eigenvalue weighted by molar-refractivity contribution is 7.98.